The van der Waals surface area contributed by atoms with Crippen LogP contribution in [0.5, 0.6) is 0 Å². The first kappa shape index (κ1) is 18.7. The van der Waals surface area contributed by atoms with Crippen LogP contribution >= 0.6 is 23.2 Å². The molecular weight excluding hydrogens is 371 g/mol. The molecule has 0 spiro atoms. The number of sulfonamides is 1. The van der Waals surface area contributed by atoms with E-state index in [9.17, 15) is 13.2 Å². The summed E-state index contributed by atoms with van der Waals surface area (Å²) in [5, 5.41) is 3.46. The van der Waals surface area contributed by atoms with Crippen molar-refractivity contribution in [3.8, 4) is 0 Å². The number of carbonyl (C=O) groups excluding carboxylic acids is 1. The van der Waals surface area contributed by atoms with E-state index in [4.69, 9.17) is 23.2 Å². The normalized spacial score (nSPS) is 12.7. The summed E-state index contributed by atoms with van der Waals surface area (Å²) in [5.41, 5.74) is 0.828. The van der Waals surface area contributed by atoms with Crippen molar-refractivity contribution in [2.75, 3.05) is 7.05 Å². The lowest BCUT2D eigenvalue weighted by atomic mass is 10.1. The molecule has 0 radical (unpaired) electrons. The Morgan fingerprint density at radius 2 is 1.75 bits per heavy atom. The Balaban J connectivity index is 2.30. The van der Waals surface area contributed by atoms with E-state index in [-0.39, 0.29) is 21.5 Å². The van der Waals surface area contributed by atoms with Crippen LogP contribution in [0.25, 0.3) is 0 Å². The van der Waals surface area contributed by atoms with Crippen LogP contribution in [0.15, 0.2) is 47.4 Å². The summed E-state index contributed by atoms with van der Waals surface area (Å²) in [5.74, 6) is -0.486. The second-order valence-electron chi connectivity index (χ2n) is 5.07. The van der Waals surface area contributed by atoms with Crippen molar-refractivity contribution in [1.29, 1.82) is 0 Å². The summed E-state index contributed by atoms with van der Waals surface area (Å²) in [6, 6.07) is 10.7. The molecule has 1 amide bonds. The van der Waals surface area contributed by atoms with Gasteiger partial charge >= 0.3 is 0 Å². The molecule has 0 bridgehead atoms. The Morgan fingerprint density at radius 3 is 2.38 bits per heavy atom. The van der Waals surface area contributed by atoms with Crippen LogP contribution < -0.4 is 10.0 Å². The van der Waals surface area contributed by atoms with Gasteiger partial charge in [-0.1, -0.05) is 41.4 Å². The highest BCUT2D eigenvalue weighted by atomic mass is 35.5. The third-order valence-electron chi connectivity index (χ3n) is 3.48. The Kier molecular flexibility index (Phi) is 5.87. The third-order valence-corrected chi connectivity index (χ3v) is 5.57. The molecule has 5 nitrogen and oxygen atoms in total. The van der Waals surface area contributed by atoms with Crippen molar-refractivity contribution in [3.63, 3.8) is 0 Å². The minimum absolute atomic E-state index is 0.0371. The Labute approximate surface area is 151 Å². The molecule has 2 aromatic carbocycles. The van der Waals surface area contributed by atoms with Gasteiger partial charge in [0.2, 0.25) is 10.0 Å². The van der Waals surface area contributed by atoms with Gasteiger partial charge in [-0.05, 0) is 43.8 Å². The van der Waals surface area contributed by atoms with Crippen molar-refractivity contribution >= 4 is 39.1 Å². The highest BCUT2D eigenvalue weighted by Gasteiger charge is 2.19. The average molecular weight is 387 g/mol. The van der Waals surface area contributed by atoms with E-state index >= 15 is 0 Å². The van der Waals surface area contributed by atoms with Crippen LogP contribution in [0.4, 0.5) is 0 Å². The van der Waals surface area contributed by atoms with Gasteiger partial charge in [-0.3, -0.25) is 4.79 Å². The smallest absolute Gasteiger partial charge is 0.253 e. The second kappa shape index (κ2) is 7.53. The molecule has 0 aliphatic carbocycles. The molecule has 0 aromatic heterocycles. The number of nitrogens with one attached hydrogen (secondary N) is 2. The fourth-order valence-corrected chi connectivity index (χ4v) is 3.40. The predicted octanol–water partition coefficient (Wildman–Crippen LogP) is 3.39. The van der Waals surface area contributed by atoms with Gasteiger partial charge in [-0.2, -0.15) is 0 Å². The first-order chi connectivity index (χ1) is 11.3. The molecule has 2 aromatic rings. The zero-order valence-electron chi connectivity index (χ0n) is 13.0. The topological polar surface area (TPSA) is 75.3 Å². The van der Waals surface area contributed by atoms with Gasteiger partial charge in [0, 0.05) is 5.02 Å². The maximum atomic E-state index is 12.5. The lowest BCUT2D eigenvalue weighted by Crippen LogP contribution is -2.27. The van der Waals surface area contributed by atoms with Crippen LogP contribution in [0, 0.1) is 0 Å². The SMILES string of the molecule is CNS(=O)(=O)c1ccc(Cl)c(C(=O)NC(C)c2ccccc2Cl)c1. The molecule has 0 aliphatic heterocycles. The van der Waals surface area contributed by atoms with E-state index in [0.29, 0.717) is 5.02 Å². The third kappa shape index (κ3) is 4.08. The van der Waals surface area contributed by atoms with Gasteiger partial charge < -0.3 is 5.32 Å². The first-order valence-electron chi connectivity index (χ1n) is 7.04. The summed E-state index contributed by atoms with van der Waals surface area (Å²) >= 11 is 12.2. The zero-order chi connectivity index (χ0) is 17.9. The number of hydrogen-bond donors (Lipinski definition) is 2. The Hall–Kier alpha value is -1.60. The largest absolute Gasteiger partial charge is 0.345 e. The van der Waals surface area contributed by atoms with E-state index in [1.54, 1.807) is 25.1 Å². The molecule has 0 fully saturated rings. The lowest BCUT2D eigenvalue weighted by molar-refractivity contribution is 0.0940. The maximum absolute atomic E-state index is 12.5. The number of benzene rings is 2. The van der Waals surface area contributed by atoms with Crippen LogP contribution in [-0.4, -0.2) is 21.4 Å². The number of halogens is 2. The van der Waals surface area contributed by atoms with Crippen molar-refractivity contribution < 1.29 is 13.2 Å². The average Bonchev–Trinajstić information content (AvgIpc) is 2.55. The fourth-order valence-electron chi connectivity index (χ4n) is 2.14. The van der Waals surface area contributed by atoms with Gasteiger partial charge in [0.25, 0.3) is 5.91 Å². The Morgan fingerprint density at radius 1 is 1.08 bits per heavy atom. The van der Waals surface area contributed by atoms with Crippen molar-refractivity contribution in [1.82, 2.24) is 10.0 Å². The van der Waals surface area contributed by atoms with Crippen molar-refractivity contribution in [2.24, 2.45) is 0 Å². The van der Waals surface area contributed by atoms with Crippen molar-refractivity contribution in [2.45, 2.75) is 17.9 Å². The molecule has 1 atom stereocenters. The van der Waals surface area contributed by atoms with Crippen LogP contribution in [0.3, 0.4) is 0 Å². The Bertz CT molecular complexity index is 869. The number of hydrogen-bond acceptors (Lipinski definition) is 3. The van der Waals surface area contributed by atoms with Crippen LogP contribution in [0.1, 0.15) is 28.9 Å². The minimum atomic E-state index is -3.67. The summed E-state index contributed by atoms with van der Waals surface area (Å²) in [6.45, 7) is 1.78. The van der Waals surface area contributed by atoms with Gasteiger partial charge in [-0.25, -0.2) is 13.1 Å². The quantitative estimate of drug-likeness (QED) is 0.826. The zero-order valence-corrected chi connectivity index (χ0v) is 15.3. The van der Waals surface area contributed by atoms with E-state index in [0.717, 1.165) is 5.56 Å². The van der Waals surface area contributed by atoms with Gasteiger partial charge in [0.1, 0.15) is 0 Å². The van der Waals surface area contributed by atoms with Gasteiger partial charge in [-0.15, -0.1) is 0 Å². The summed E-state index contributed by atoms with van der Waals surface area (Å²) in [4.78, 5) is 12.4. The summed E-state index contributed by atoms with van der Waals surface area (Å²) < 4.78 is 25.9. The molecule has 0 heterocycles. The molecular formula is C16H16Cl2N2O3S. The monoisotopic (exact) mass is 386 g/mol. The molecule has 0 aliphatic rings. The maximum Gasteiger partial charge on any atom is 0.253 e. The second-order valence-corrected chi connectivity index (χ2v) is 7.77. The summed E-state index contributed by atoms with van der Waals surface area (Å²) in [6.07, 6.45) is 0. The van der Waals surface area contributed by atoms with E-state index in [1.807, 2.05) is 6.07 Å². The van der Waals surface area contributed by atoms with Gasteiger partial charge in [0.15, 0.2) is 0 Å². The standard InChI is InChI=1S/C16H16Cl2N2O3S/c1-10(12-5-3-4-6-14(12)17)20-16(21)13-9-11(7-8-15(13)18)24(22,23)19-2/h3-10,19H,1-2H3,(H,20,21). The van der Waals surface area contributed by atoms with E-state index < -0.39 is 15.9 Å². The molecule has 0 saturated heterocycles. The molecule has 2 rings (SSSR count). The lowest BCUT2D eigenvalue weighted by Gasteiger charge is -2.16. The number of amides is 1. The predicted molar refractivity (Wildman–Crippen MR) is 95.0 cm³/mol. The first-order valence-corrected chi connectivity index (χ1v) is 9.28. The van der Waals surface area contributed by atoms with Crippen LogP contribution in [-0.2, 0) is 10.0 Å². The molecule has 0 saturated carbocycles. The highest BCUT2D eigenvalue weighted by molar-refractivity contribution is 7.89. The minimum Gasteiger partial charge on any atom is -0.345 e. The molecule has 1 unspecified atom stereocenters. The highest BCUT2D eigenvalue weighted by Crippen LogP contribution is 2.24. The number of rotatable bonds is 5. The molecule has 128 valence electrons. The van der Waals surface area contributed by atoms with E-state index in [1.165, 1.54) is 25.2 Å². The number of carbonyl (C=O) groups is 1. The fraction of sp³-hybridized carbons (Fsp3) is 0.188. The van der Waals surface area contributed by atoms with Crippen molar-refractivity contribution in [3.05, 3.63) is 63.6 Å². The van der Waals surface area contributed by atoms with Crippen LogP contribution in [0.2, 0.25) is 10.0 Å². The van der Waals surface area contributed by atoms with E-state index in [2.05, 4.69) is 10.0 Å². The molecule has 2 N–H and O–H groups in total. The van der Waals surface area contributed by atoms with Gasteiger partial charge in [0.05, 0.1) is 21.5 Å². The summed E-state index contributed by atoms with van der Waals surface area (Å²) in [7, 11) is -2.37. The molecule has 24 heavy (non-hydrogen) atoms. The molecule has 8 heteroatoms.